The number of nitrogens with one attached hydrogen (secondary N) is 1. The van der Waals surface area contributed by atoms with E-state index in [1.165, 1.54) is 11.1 Å². The van der Waals surface area contributed by atoms with E-state index in [1.807, 2.05) is 32.1 Å². The Kier molecular flexibility index (Phi) is 6.61. The molecule has 2 rings (SSSR count). The number of hydrogen-bond donors (Lipinski definition) is 1. The minimum absolute atomic E-state index is 0.299. The average Bonchev–Trinajstić information content (AvgIpc) is 2.96. The van der Waals surface area contributed by atoms with Crippen LogP contribution in [-0.4, -0.2) is 12.5 Å². The van der Waals surface area contributed by atoms with Gasteiger partial charge < -0.3 is 5.32 Å². The Labute approximate surface area is 148 Å². The van der Waals surface area contributed by atoms with E-state index in [-0.39, 0.29) is 0 Å². The Balaban J connectivity index is 1.89. The number of amides is 1. The molecular formula is C20H25ClFNO. The number of fused-ring (bicyclic) bond motifs is 1. The van der Waals surface area contributed by atoms with Gasteiger partial charge in [0.15, 0.2) is 5.83 Å². The first-order valence-electron chi connectivity index (χ1n) is 8.45. The third-order valence-corrected chi connectivity index (χ3v) is 4.63. The van der Waals surface area contributed by atoms with Crippen molar-refractivity contribution in [3.63, 3.8) is 0 Å². The Bertz CT molecular complexity index is 664. The molecule has 0 bridgehead atoms. The normalized spacial score (nSPS) is 18.0. The third kappa shape index (κ3) is 4.94. The second-order valence-electron chi connectivity index (χ2n) is 6.89. The molecule has 2 nitrogen and oxygen atoms in total. The lowest BCUT2D eigenvalue weighted by molar-refractivity contribution is -0.119. The number of carbonyl (C=O) groups excluding carboxylic acids is 1. The highest BCUT2D eigenvalue weighted by Gasteiger charge is 2.22. The number of rotatable bonds is 6. The van der Waals surface area contributed by atoms with Gasteiger partial charge in [-0.2, -0.15) is 0 Å². The van der Waals surface area contributed by atoms with Crippen LogP contribution in [0.1, 0.15) is 38.3 Å². The van der Waals surface area contributed by atoms with Gasteiger partial charge in [-0.15, -0.1) is 0 Å². The zero-order valence-corrected chi connectivity index (χ0v) is 15.3. The van der Waals surface area contributed by atoms with Crippen LogP contribution in [0.25, 0.3) is 0 Å². The molecule has 1 unspecified atom stereocenters. The summed E-state index contributed by atoms with van der Waals surface area (Å²) < 4.78 is 14.0. The molecule has 1 N–H and O–H groups in total. The van der Waals surface area contributed by atoms with Crippen LogP contribution >= 0.6 is 11.6 Å². The van der Waals surface area contributed by atoms with E-state index in [1.54, 1.807) is 13.0 Å². The lowest BCUT2D eigenvalue weighted by Gasteiger charge is -2.07. The number of hydrogen-bond acceptors (Lipinski definition) is 1. The quantitative estimate of drug-likeness (QED) is 0.567. The van der Waals surface area contributed by atoms with Crippen molar-refractivity contribution in [2.24, 2.45) is 11.8 Å². The summed E-state index contributed by atoms with van der Waals surface area (Å²) in [6.45, 7) is 6.05. The SMILES string of the molecule is CC(/C=C/CC1Cc2cccc(Cl)c2C1)=C(\F)C(=O)NCC(C)C. The molecule has 0 fully saturated rings. The van der Waals surface area contributed by atoms with Crippen LogP contribution in [0, 0.1) is 11.8 Å². The van der Waals surface area contributed by atoms with Crippen LogP contribution in [0.3, 0.4) is 0 Å². The van der Waals surface area contributed by atoms with Crippen molar-refractivity contribution >= 4 is 17.5 Å². The monoisotopic (exact) mass is 349 g/mol. The van der Waals surface area contributed by atoms with Crippen molar-refractivity contribution in [1.29, 1.82) is 0 Å². The summed E-state index contributed by atoms with van der Waals surface area (Å²) in [5.41, 5.74) is 2.92. The van der Waals surface area contributed by atoms with Crippen LogP contribution in [-0.2, 0) is 17.6 Å². The summed E-state index contributed by atoms with van der Waals surface area (Å²) in [5, 5.41) is 3.43. The highest BCUT2D eigenvalue weighted by atomic mass is 35.5. The van der Waals surface area contributed by atoms with Gasteiger partial charge in [0.05, 0.1) is 0 Å². The fraction of sp³-hybridized carbons (Fsp3) is 0.450. The molecular weight excluding hydrogens is 325 g/mol. The van der Waals surface area contributed by atoms with Crippen molar-refractivity contribution < 1.29 is 9.18 Å². The molecule has 24 heavy (non-hydrogen) atoms. The van der Waals surface area contributed by atoms with Crippen molar-refractivity contribution in [2.75, 3.05) is 6.54 Å². The van der Waals surface area contributed by atoms with Crippen molar-refractivity contribution in [1.82, 2.24) is 5.32 Å². The van der Waals surface area contributed by atoms with E-state index in [0.717, 1.165) is 24.3 Å². The average molecular weight is 350 g/mol. The largest absolute Gasteiger partial charge is 0.350 e. The molecule has 0 spiro atoms. The minimum atomic E-state index is -0.704. The standard InChI is InChI=1S/C20H25ClFNO/c1-13(2)12-23-20(24)19(22)14(3)6-4-7-15-10-16-8-5-9-18(21)17(16)11-15/h4-6,8-9,13,15H,7,10-12H2,1-3H3,(H,23,24)/b6-4+,19-14+. The fourth-order valence-electron chi connectivity index (χ4n) is 2.93. The molecule has 1 amide bonds. The summed E-state index contributed by atoms with van der Waals surface area (Å²) in [5.74, 6) is -0.550. The predicted octanol–water partition coefficient (Wildman–Crippen LogP) is 5.02. The van der Waals surface area contributed by atoms with E-state index in [4.69, 9.17) is 11.6 Å². The zero-order valence-electron chi connectivity index (χ0n) is 14.5. The first-order chi connectivity index (χ1) is 11.4. The number of halogens is 2. The van der Waals surface area contributed by atoms with Gasteiger partial charge in [-0.3, -0.25) is 4.79 Å². The fourth-order valence-corrected chi connectivity index (χ4v) is 3.20. The molecule has 0 heterocycles. The van der Waals surface area contributed by atoms with E-state index >= 15 is 0 Å². The van der Waals surface area contributed by atoms with E-state index in [0.29, 0.717) is 24.0 Å². The maximum Gasteiger partial charge on any atom is 0.280 e. The van der Waals surface area contributed by atoms with E-state index < -0.39 is 11.7 Å². The molecule has 1 aromatic rings. The lowest BCUT2D eigenvalue weighted by atomic mass is 10.0. The molecule has 1 aromatic carbocycles. The lowest BCUT2D eigenvalue weighted by Crippen LogP contribution is -2.27. The number of benzene rings is 1. The Morgan fingerprint density at radius 1 is 1.42 bits per heavy atom. The molecule has 130 valence electrons. The molecule has 4 heteroatoms. The maximum absolute atomic E-state index is 14.0. The van der Waals surface area contributed by atoms with Gasteiger partial charge in [0.2, 0.25) is 0 Å². The Hall–Kier alpha value is -1.61. The first kappa shape index (κ1) is 18.7. The van der Waals surface area contributed by atoms with Crippen LogP contribution < -0.4 is 5.32 Å². The molecule has 0 aromatic heterocycles. The van der Waals surface area contributed by atoms with Gasteiger partial charge in [0.25, 0.3) is 5.91 Å². The highest BCUT2D eigenvalue weighted by Crippen LogP contribution is 2.33. The summed E-state index contributed by atoms with van der Waals surface area (Å²) in [7, 11) is 0. The van der Waals surface area contributed by atoms with Gasteiger partial charge in [-0.25, -0.2) is 4.39 Å². The van der Waals surface area contributed by atoms with E-state index in [2.05, 4.69) is 11.4 Å². The topological polar surface area (TPSA) is 29.1 Å². The molecule has 1 atom stereocenters. The van der Waals surface area contributed by atoms with Crippen molar-refractivity contribution in [3.05, 3.63) is 57.9 Å². The molecule has 0 saturated carbocycles. The summed E-state index contributed by atoms with van der Waals surface area (Å²) in [4.78, 5) is 11.7. The summed E-state index contributed by atoms with van der Waals surface area (Å²) in [6.07, 6.45) is 6.47. The molecule has 0 aliphatic heterocycles. The Morgan fingerprint density at radius 2 is 2.17 bits per heavy atom. The first-order valence-corrected chi connectivity index (χ1v) is 8.83. The van der Waals surface area contributed by atoms with Crippen molar-refractivity contribution in [3.8, 4) is 0 Å². The maximum atomic E-state index is 14.0. The van der Waals surface area contributed by atoms with Crippen LogP contribution in [0.2, 0.25) is 5.02 Å². The molecule has 0 saturated heterocycles. The second kappa shape index (κ2) is 8.48. The van der Waals surface area contributed by atoms with E-state index in [9.17, 15) is 9.18 Å². The summed E-state index contributed by atoms with van der Waals surface area (Å²) >= 11 is 6.23. The van der Waals surface area contributed by atoms with Crippen molar-refractivity contribution in [2.45, 2.75) is 40.0 Å². The van der Waals surface area contributed by atoms with Crippen LogP contribution in [0.4, 0.5) is 4.39 Å². The molecule has 1 aliphatic carbocycles. The highest BCUT2D eigenvalue weighted by molar-refractivity contribution is 6.31. The number of allylic oxidation sites excluding steroid dienone is 3. The Morgan fingerprint density at radius 3 is 2.83 bits per heavy atom. The van der Waals surface area contributed by atoms with Gasteiger partial charge in [-0.1, -0.05) is 49.7 Å². The van der Waals surface area contributed by atoms with Gasteiger partial charge >= 0.3 is 0 Å². The van der Waals surface area contributed by atoms with Crippen LogP contribution in [0.15, 0.2) is 41.8 Å². The van der Waals surface area contributed by atoms with Gasteiger partial charge in [0.1, 0.15) is 0 Å². The summed E-state index contributed by atoms with van der Waals surface area (Å²) in [6, 6.07) is 6.03. The van der Waals surface area contributed by atoms with Gasteiger partial charge in [0, 0.05) is 11.6 Å². The van der Waals surface area contributed by atoms with Gasteiger partial charge in [-0.05, 0) is 60.8 Å². The smallest absolute Gasteiger partial charge is 0.280 e. The third-order valence-electron chi connectivity index (χ3n) is 4.27. The minimum Gasteiger partial charge on any atom is -0.350 e. The van der Waals surface area contributed by atoms with Crippen LogP contribution in [0.5, 0.6) is 0 Å². The predicted molar refractivity (Wildman–Crippen MR) is 97.8 cm³/mol. The molecule has 1 aliphatic rings. The molecule has 0 radical (unpaired) electrons. The number of carbonyl (C=O) groups is 1. The second-order valence-corrected chi connectivity index (χ2v) is 7.30. The zero-order chi connectivity index (χ0) is 17.7.